The van der Waals surface area contributed by atoms with Crippen molar-refractivity contribution in [2.24, 2.45) is 0 Å². The third kappa shape index (κ3) is 9.26. The van der Waals surface area contributed by atoms with Crippen LogP contribution in [0.25, 0.3) is 0 Å². The molecule has 0 bridgehead atoms. The van der Waals surface area contributed by atoms with Crippen molar-refractivity contribution in [1.82, 2.24) is 10.2 Å². The number of ether oxygens (including phenoxy) is 3. The smallest absolute Gasteiger partial charge is 0.247 e. The minimum absolute atomic E-state index is 0.0231. The van der Waals surface area contributed by atoms with Gasteiger partial charge in [-0.05, 0) is 72.2 Å². The van der Waals surface area contributed by atoms with Gasteiger partial charge in [0.2, 0.25) is 11.8 Å². The molecule has 11 nitrogen and oxygen atoms in total. The number of methoxy groups -OCH3 is 2. The van der Waals surface area contributed by atoms with Gasteiger partial charge in [-0.3, -0.25) is 14.4 Å². The maximum atomic E-state index is 13.7. The third-order valence-electron chi connectivity index (χ3n) is 7.31. The molecule has 0 saturated heterocycles. The molecule has 0 heterocycles. The molecule has 3 N–H and O–H groups in total. The predicted octanol–water partition coefficient (Wildman–Crippen LogP) is 2.87. The summed E-state index contributed by atoms with van der Waals surface area (Å²) in [5.41, 5.74) is 1.51. The Morgan fingerprint density at radius 2 is 1.84 bits per heavy atom. The summed E-state index contributed by atoms with van der Waals surface area (Å²) in [5.74, 6) is 0.426. The lowest BCUT2D eigenvalue weighted by Gasteiger charge is -2.41. The number of hydrogen-bond donors (Lipinski definition) is 3. The van der Waals surface area contributed by atoms with Gasteiger partial charge in [-0.15, -0.1) is 0 Å². The van der Waals surface area contributed by atoms with Gasteiger partial charge in [0.05, 0.1) is 30.4 Å². The first kappa shape index (κ1) is 35.0. The first-order chi connectivity index (χ1) is 21.1. The fourth-order valence-electron chi connectivity index (χ4n) is 5.10. The summed E-state index contributed by atoms with van der Waals surface area (Å²) in [5, 5.41) is 23.6. The number of ketones is 1. The molecule has 0 aliphatic heterocycles. The molecule has 0 saturated carbocycles. The minimum atomic E-state index is -1.26. The molecule has 0 aromatic heterocycles. The van der Waals surface area contributed by atoms with Crippen LogP contribution in [0.15, 0.2) is 48.0 Å². The van der Waals surface area contributed by atoms with Crippen molar-refractivity contribution < 1.29 is 43.6 Å². The number of aldehydes is 1. The molecule has 44 heavy (non-hydrogen) atoms. The lowest BCUT2D eigenvalue weighted by Crippen LogP contribution is -2.55. The predicted molar refractivity (Wildman–Crippen MR) is 171 cm³/mol. The molecule has 0 radical (unpaired) electrons. The Morgan fingerprint density at radius 1 is 1.11 bits per heavy atom. The second kappa shape index (κ2) is 17.1. The van der Waals surface area contributed by atoms with Crippen LogP contribution in [0.5, 0.6) is 17.2 Å². The fraction of sp³-hybridized carbons (Fsp3) is 0.438. The van der Waals surface area contributed by atoms with Gasteiger partial charge in [0.25, 0.3) is 0 Å². The standard InChI is InChI=1S/C32H39IN2O9/c1-20(38)7-6-10-29(39)35(13-11-22-8-4-5-9-26(22)42-2)25-17-23(32(41)34-12-14-36)18-27(30(25)40)44-31-24(33)15-21(19-37)16-28(31)43-3/h4-5,8-9,15-16,18-19,25,27,30,36,40H,6-7,10-14,17H2,1-3H3,(H,34,41). The summed E-state index contributed by atoms with van der Waals surface area (Å²) in [6.07, 6.45) is 0.963. The average Bonchev–Trinajstić information content (AvgIpc) is 3.01. The molecule has 2 amide bonds. The van der Waals surface area contributed by atoms with Gasteiger partial charge >= 0.3 is 0 Å². The lowest BCUT2D eigenvalue weighted by molar-refractivity contribution is -0.138. The van der Waals surface area contributed by atoms with Gasteiger partial charge in [-0.2, -0.15) is 0 Å². The number of nitrogens with one attached hydrogen (secondary N) is 1. The summed E-state index contributed by atoms with van der Waals surface area (Å²) in [7, 11) is 2.99. The van der Waals surface area contributed by atoms with Crippen LogP contribution >= 0.6 is 22.6 Å². The van der Waals surface area contributed by atoms with Gasteiger partial charge in [-0.1, -0.05) is 18.2 Å². The van der Waals surface area contributed by atoms with E-state index in [9.17, 15) is 29.4 Å². The molecule has 238 valence electrons. The lowest BCUT2D eigenvalue weighted by atomic mass is 9.87. The maximum absolute atomic E-state index is 13.7. The zero-order valence-corrected chi connectivity index (χ0v) is 27.2. The van der Waals surface area contributed by atoms with E-state index in [1.54, 1.807) is 18.1 Å². The van der Waals surface area contributed by atoms with Gasteiger partial charge in [0.1, 0.15) is 30.0 Å². The van der Waals surface area contributed by atoms with Crippen LogP contribution in [0.1, 0.15) is 48.5 Å². The van der Waals surface area contributed by atoms with Crippen molar-refractivity contribution in [3.63, 3.8) is 0 Å². The number of carbonyl (C=O) groups is 4. The molecule has 3 rings (SSSR count). The Labute approximate surface area is 270 Å². The summed E-state index contributed by atoms with van der Waals surface area (Å²) < 4.78 is 17.8. The number of benzene rings is 2. The van der Waals surface area contributed by atoms with Gasteiger partial charge < -0.3 is 39.4 Å². The second-order valence-electron chi connectivity index (χ2n) is 10.4. The highest BCUT2D eigenvalue weighted by Crippen LogP contribution is 2.37. The van der Waals surface area contributed by atoms with E-state index < -0.39 is 24.2 Å². The molecule has 0 spiro atoms. The molecule has 0 fully saturated rings. The molecule has 12 heteroatoms. The number of aliphatic hydroxyl groups is 2. The van der Waals surface area contributed by atoms with E-state index in [1.165, 1.54) is 26.2 Å². The van der Waals surface area contributed by atoms with Crippen molar-refractivity contribution in [2.45, 2.75) is 57.3 Å². The third-order valence-corrected chi connectivity index (χ3v) is 8.11. The van der Waals surface area contributed by atoms with Crippen LogP contribution in [0.2, 0.25) is 0 Å². The molecule has 3 atom stereocenters. The van der Waals surface area contributed by atoms with E-state index in [4.69, 9.17) is 14.2 Å². The molecule has 2 aromatic rings. The fourth-order valence-corrected chi connectivity index (χ4v) is 5.85. The zero-order valence-electron chi connectivity index (χ0n) is 25.1. The number of rotatable bonds is 16. The highest BCUT2D eigenvalue weighted by atomic mass is 127. The van der Waals surface area contributed by atoms with Crippen LogP contribution in [0.3, 0.4) is 0 Å². The molecule has 3 unspecified atom stereocenters. The SMILES string of the molecule is COc1ccccc1CCN(C(=O)CCCC(C)=O)C1CC(C(=O)NCCO)=CC(Oc2c(I)cc(C=O)cc2OC)C1O. The van der Waals surface area contributed by atoms with Crippen LogP contribution < -0.4 is 19.5 Å². The topological polar surface area (TPSA) is 152 Å². The number of carbonyl (C=O) groups excluding carboxylic acids is 4. The number of halogens is 1. The highest BCUT2D eigenvalue weighted by Gasteiger charge is 2.40. The quantitative estimate of drug-likeness (QED) is 0.176. The Kier molecular flexibility index (Phi) is 13.6. The van der Waals surface area contributed by atoms with Crippen molar-refractivity contribution in [3.8, 4) is 17.2 Å². The van der Waals surface area contributed by atoms with Crippen molar-refractivity contribution in [2.75, 3.05) is 33.9 Å². The Morgan fingerprint density at radius 3 is 2.50 bits per heavy atom. The Hall–Kier alpha value is -3.49. The Balaban J connectivity index is 2.01. The zero-order chi connectivity index (χ0) is 32.2. The van der Waals surface area contributed by atoms with E-state index >= 15 is 0 Å². The summed E-state index contributed by atoms with van der Waals surface area (Å²) in [6.45, 7) is 1.43. The van der Waals surface area contributed by atoms with Gasteiger partial charge in [-0.25, -0.2) is 0 Å². The summed E-state index contributed by atoms with van der Waals surface area (Å²) in [6, 6.07) is 9.68. The van der Waals surface area contributed by atoms with E-state index in [1.807, 2.05) is 46.9 Å². The molecule has 1 aliphatic carbocycles. The number of aliphatic hydroxyl groups excluding tert-OH is 2. The van der Waals surface area contributed by atoms with Crippen LogP contribution in [-0.4, -0.2) is 91.2 Å². The molecule has 2 aromatic carbocycles. The minimum Gasteiger partial charge on any atom is -0.496 e. The van der Waals surface area contributed by atoms with Crippen molar-refractivity contribution in [1.29, 1.82) is 0 Å². The number of Topliss-reactive ketones (excluding diaryl/α,β-unsaturated/α-hetero) is 1. The van der Waals surface area contributed by atoms with Gasteiger partial charge in [0, 0.05) is 43.5 Å². The van der Waals surface area contributed by atoms with E-state index in [0.29, 0.717) is 34.0 Å². The average molecular weight is 723 g/mol. The van der Waals surface area contributed by atoms with E-state index in [-0.39, 0.29) is 67.7 Å². The molecular weight excluding hydrogens is 683 g/mol. The molecule has 1 aliphatic rings. The Bertz CT molecular complexity index is 1360. The number of para-hydroxylation sites is 1. The van der Waals surface area contributed by atoms with Crippen LogP contribution in [0, 0.1) is 3.57 Å². The maximum Gasteiger partial charge on any atom is 0.247 e. The number of amides is 2. The highest BCUT2D eigenvalue weighted by molar-refractivity contribution is 14.1. The second-order valence-corrected chi connectivity index (χ2v) is 11.5. The van der Waals surface area contributed by atoms with Gasteiger partial charge in [0.15, 0.2) is 11.5 Å². The van der Waals surface area contributed by atoms with Crippen molar-refractivity contribution in [3.05, 3.63) is 62.7 Å². The van der Waals surface area contributed by atoms with E-state index in [0.717, 1.165) is 5.56 Å². The van der Waals surface area contributed by atoms with Crippen LogP contribution in [0.4, 0.5) is 0 Å². The largest absolute Gasteiger partial charge is 0.496 e. The van der Waals surface area contributed by atoms with Crippen LogP contribution in [-0.2, 0) is 20.8 Å². The first-order valence-electron chi connectivity index (χ1n) is 14.3. The normalized spacial score (nSPS) is 17.7. The molecular formula is C32H39IN2O9. The number of hydrogen-bond acceptors (Lipinski definition) is 9. The summed E-state index contributed by atoms with van der Waals surface area (Å²) in [4.78, 5) is 51.4. The summed E-state index contributed by atoms with van der Waals surface area (Å²) >= 11 is 2.00. The number of nitrogens with zero attached hydrogens (tertiary/aromatic N) is 1. The van der Waals surface area contributed by atoms with E-state index in [2.05, 4.69) is 5.32 Å². The van der Waals surface area contributed by atoms with Crippen molar-refractivity contribution >= 4 is 46.5 Å². The first-order valence-corrected chi connectivity index (χ1v) is 15.4. The monoisotopic (exact) mass is 722 g/mol.